The van der Waals surface area contributed by atoms with Crippen LogP contribution in [0.1, 0.15) is 38.1 Å². The third kappa shape index (κ3) is 2.89. The van der Waals surface area contributed by atoms with Gasteiger partial charge in [-0.05, 0) is 58.0 Å². The molecule has 0 N–H and O–H groups in total. The van der Waals surface area contributed by atoms with Crippen LogP contribution < -0.4 is 0 Å². The van der Waals surface area contributed by atoms with Crippen molar-refractivity contribution in [2.45, 2.75) is 39.8 Å². The SMILES string of the molecule is CC(C)N(C(=O)c1ccc2nc3ccccc3nc2c1)C(C)C. The van der Waals surface area contributed by atoms with E-state index in [0.29, 0.717) is 5.56 Å². The van der Waals surface area contributed by atoms with E-state index >= 15 is 0 Å². The van der Waals surface area contributed by atoms with E-state index in [-0.39, 0.29) is 18.0 Å². The zero-order valence-corrected chi connectivity index (χ0v) is 13.9. The van der Waals surface area contributed by atoms with Gasteiger partial charge < -0.3 is 4.90 Å². The Labute approximate surface area is 136 Å². The minimum atomic E-state index is 0.0341. The van der Waals surface area contributed by atoms with Crippen molar-refractivity contribution in [3.8, 4) is 0 Å². The summed E-state index contributed by atoms with van der Waals surface area (Å²) < 4.78 is 0. The molecular formula is C19H21N3O. The monoisotopic (exact) mass is 307 g/mol. The predicted octanol–water partition coefficient (Wildman–Crippen LogP) is 4.04. The Kier molecular flexibility index (Phi) is 3.99. The minimum Gasteiger partial charge on any atom is -0.334 e. The first-order valence-electron chi connectivity index (χ1n) is 7.96. The van der Waals surface area contributed by atoms with Crippen LogP contribution in [0, 0.1) is 0 Å². The Balaban J connectivity index is 2.08. The Morgan fingerprint density at radius 1 is 0.826 bits per heavy atom. The second-order valence-corrected chi connectivity index (χ2v) is 6.32. The maximum Gasteiger partial charge on any atom is 0.254 e. The van der Waals surface area contributed by atoms with E-state index in [1.165, 1.54) is 0 Å². The number of para-hydroxylation sites is 2. The molecule has 0 radical (unpaired) electrons. The third-order valence-corrected chi connectivity index (χ3v) is 3.93. The van der Waals surface area contributed by atoms with Crippen LogP contribution in [0.3, 0.4) is 0 Å². The van der Waals surface area contributed by atoms with Crippen LogP contribution in [-0.2, 0) is 0 Å². The lowest BCUT2D eigenvalue weighted by molar-refractivity contribution is 0.0644. The van der Waals surface area contributed by atoms with Gasteiger partial charge in [0.25, 0.3) is 5.91 Å². The summed E-state index contributed by atoms with van der Waals surface area (Å²) in [5.41, 5.74) is 3.92. The van der Waals surface area contributed by atoms with Gasteiger partial charge in [-0.15, -0.1) is 0 Å². The number of carbonyl (C=O) groups is 1. The predicted molar refractivity (Wildman–Crippen MR) is 93.5 cm³/mol. The van der Waals surface area contributed by atoms with E-state index in [2.05, 4.69) is 9.97 Å². The van der Waals surface area contributed by atoms with Gasteiger partial charge in [-0.3, -0.25) is 4.79 Å². The first-order chi connectivity index (χ1) is 11.0. The number of nitrogens with zero attached hydrogens (tertiary/aromatic N) is 3. The van der Waals surface area contributed by atoms with Crippen molar-refractivity contribution in [1.82, 2.24) is 14.9 Å². The number of fused-ring (bicyclic) bond motifs is 2. The average Bonchev–Trinajstić information content (AvgIpc) is 2.51. The maximum absolute atomic E-state index is 12.8. The van der Waals surface area contributed by atoms with E-state index in [0.717, 1.165) is 22.1 Å². The van der Waals surface area contributed by atoms with Crippen molar-refractivity contribution in [3.63, 3.8) is 0 Å². The molecule has 0 aliphatic carbocycles. The summed E-state index contributed by atoms with van der Waals surface area (Å²) in [6, 6.07) is 13.6. The normalized spacial score (nSPS) is 11.6. The molecule has 1 amide bonds. The van der Waals surface area contributed by atoms with Crippen molar-refractivity contribution in [3.05, 3.63) is 48.0 Å². The minimum absolute atomic E-state index is 0.0341. The maximum atomic E-state index is 12.8. The van der Waals surface area contributed by atoms with Gasteiger partial charge in [0, 0.05) is 17.6 Å². The highest BCUT2D eigenvalue weighted by Gasteiger charge is 2.21. The summed E-state index contributed by atoms with van der Waals surface area (Å²) in [7, 11) is 0. The molecule has 118 valence electrons. The summed E-state index contributed by atoms with van der Waals surface area (Å²) >= 11 is 0. The molecule has 4 nitrogen and oxygen atoms in total. The number of aromatic nitrogens is 2. The van der Waals surface area contributed by atoms with Crippen LogP contribution in [0.2, 0.25) is 0 Å². The Hall–Kier alpha value is -2.49. The van der Waals surface area contributed by atoms with Gasteiger partial charge in [0.15, 0.2) is 0 Å². The van der Waals surface area contributed by atoms with Gasteiger partial charge in [0.1, 0.15) is 0 Å². The molecule has 4 heteroatoms. The number of benzene rings is 2. The van der Waals surface area contributed by atoms with Gasteiger partial charge in [0.05, 0.1) is 22.1 Å². The molecule has 3 rings (SSSR count). The van der Waals surface area contributed by atoms with Crippen LogP contribution >= 0.6 is 0 Å². The lowest BCUT2D eigenvalue weighted by Crippen LogP contribution is -2.42. The smallest absolute Gasteiger partial charge is 0.254 e. The molecule has 0 bridgehead atoms. The Morgan fingerprint density at radius 2 is 1.35 bits per heavy atom. The fourth-order valence-corrected chi connectivity index (χ4v) is 2.97. The first-order valence-corrected chi connectivity index (χ1v) is 7.96. The van der Waals surface area contributed by atoms with Gasteiger partial charge in [-0.1, -0.05) is 12.1 Å². The van der Waals surface area contributed by atoms with Crippen molar-refractivity contribution in [2.24, 2.45) is 0 Å². The molecule has 0 aliphatic heterocycles. The van der Waals surface area contributed by atoms with Crippen molar-refractivity contribution < 1.29 is 4.79 Å². The molecule has 0 saturated heterocycles. The topological polar surface area (TPSA) is 46.1 Å². The summed E-state index contributed by atoms with van der Waals surface area (Å²) in [4.78, 5) is 23.9. The fourth-order valence-electron chi connectivity index (χ4n) is 2.97. The standard InChI is InChI=1S/C19H21N3O/c1-12(2)22(13(3)4)19(23)14-9-10-17-18(11-14)21-16-8-6-5-7-15(16)20-17/h5-13H,1-4H3. The Morgan fingerprint density at radius 3 is 1.91 bits per heavy atom. The molecular weight excluding hydrogens is 286 g/mol. The highest BCUT2D eigenvalue weighted by atomic mass is 16.2. The number of hydrogen-bond donors (Lipinski definition) is 0. The second kappa shape index (κ2) is 5.95. The molecule has 0 atom stereocenters. The van der Waals surface area contributed by atoms with Crippen molar-refractivity contribution in [1.29, 1.82) is 0 Å². The van der Waals surface area contributed by atoms with Gasteiger partial charge in [-0.25, -0.2) is 9.97 Å². The van der Waals surface area contributed by atoms with Gasteiger partial charge in [0.2, 0.25) is 0 Å². The van der Waals surface area contributed by atoms with Crippen LogP contribution in [0.15, 0.2) is 42.5 Å². The fraction of sp³-hybridized carbons (Fsp3) is 0.316. The zero-order valence-electron chi connectivity index (χ0n) is 13.9. The summed E-state index contributed by atoms with van der Waals surface area (Å²) in [5.74, 6) is 0.0341. The summed E-state index contributed by atoms with van der Waals surface area (Å²) in [5, 5.41) is 0. The van der Waals surface area contributed by atoms with Crippen LogP contribution in [0.5, 0.6) is 0 Å². The largest absolute Gasteiger partial charge is 0.334 e. The number of carbonyl (C=O) groups excluding carboxylic acids is 1. The lowest BCUT2D eigenvalue weighted by atomic mass is 10.1. The molecule has 0 saturated carbocycles. The first kappa shape index (κ1) is 15.4. The molecule has 23 heavy (non-hydrogen) atoms. The molecule has 0 aliphatic rings. The highest BCUT2D eigenvalue weighted by Crippen LogP contribution is 2.19. The zero-order chi connectivity index (χ0) is 16.6. The average molecular weight is 307 g/mol. The second-order valence-electron chi connectivity index (χ2n) is 6.32. The van der Waals surface area contributed by atoms with E-state index in [9.17, 15) is 4.79 Å². The third-order valence-electron chi connectivity index (χ3n) is 3.93. The van der Waals surface area contributed by atoms with Gasteiger partial charge >= 0.3 is 0 Å². The number of hydrogen-bond acceptors (Lipinski definition) is 3. The lowest BCUT2D eigenvalue weighted by Gasteiger charge is -2.30. The molecule has 3 aromatic rings. The molecule has 2 aromatic carbocycles. The van der Waals surface area contributed by atoms with Crippen molar-refractivity contribution >= 4 is 28.0 Å². The molecule has 0 fully saturated rings. The van der Waals surface area contributed by atoms with E-state index < -0.39 is 0 Å². The molecule has 0 unspecified atom stereocenters. The molecule has 1 aromatic heterocycles. The van der Waals surface area contributed by atoms with Crippen molar-refractivity contribution in [2.75, 3.05) is 0 Å². The van der Waals surface area contributed by atoms with Crippen LogP contribution in [-0.4, -0.2) is 32.9 Å². The summed E-state index contributed by atoms with van der Waals surface area (Å²) in [6.07, 6.45) is 0. The number of amides is 1. The summed E-state index contributed by atoms with van der Waals surface area (Å²) in [6.45, 7) is 8.14. The van der Waals surface area contributed by atoms with E-state index in [1.54, 1.807) is 0 Å². The highest BCUT2D eigenvalue weighted by molar-refractivity contribution is 5.98. The number of rotatable bonds is 3. The van der Waals surface area contributed by atoms with E-state index in [1.807, 2.05) is 75.1 Å². The van der Waals surface area contributed by atoms with Crippen LogP contribution in [0.4, 0.5) is 0 Å². The molecule has 1 heterocycles. The quantitative estimate of drug-likeness (QED) is 0.686. The van der Waals surface area contributed by atoms with Gasteiger partial charge in [-0.2, -0.15) is 0 Å². The molecule has 0 spiro atoms. The Bertz CT molecular complexity index is 863. The van der Waals surface area contributed by atoms with Crippen LogP contribution in [0.25, 0.3) is 22.1 Å². The van der Waals surface area contributed by atoms with E-state index in [4.69, 9.17) is 0 Å².